The minimum absolute atomic E-state index is 0. The Morgan fingerprint density at radius 1 is 0.494 bits per heavy atom. The molecule has 7 nitrogen and oxygen atoms in total. The van der Waals surface area contributed by atoms with Crippen LogP contribution in [0.15, 0.2) is 79.4 Å². The predicted octanol–water partition coefficient (Wildman–Crippen LogP) is 14.4. The molecule has 0 saturated carbocycles. The van der Waals surface area contributed by atoms with E-state index in [0.717, 1.165) is 17.7 Å². The van der Waals surface area contributed by atoms with Crippen molar-refractivity contribution >= 4 is 54.2 Å². The second-order valence-corrected chi connectivity index (χ2v) is 17.5. The van der Waals surface area contributed by atoms with Gasteiger partial charge in [-0.2, -0.15) is 114 Å². The van der Waals surface area contributed by atoms with E-state index in [1.54, 1.807) is 53.4 Å². The minimum atomic E-state index is -7.94. The molecular formula is C46H43AlBF26N3O4. The number of hydrogen-bond donors (Lipinski definition) is 1. The van der Waals surface area contributed by atoms with Crippen LogP contribution >= 0.6 is 0 Å². The molecule has 3 unspecified atom stereocenters. The zero-order valence-corrected chi connectivity index (χ0v) is 42.5. The van der Waals surface area contributed by atoms with E-state index in [1.165, 1.54) is 12.5 Å². The van der Waals surface area contributed by atoms with Gasteiger partial charge in [0.1, 0.15) is 0 Å². The van der Waals surface area contributed by atoms with E-state index in [0.29, 0.717) is 9.80 Å². The van der Waals surface area contributed by atoms with Gasteiger partial charge in [0, 0.05) is 52.4 Å². The molecule has 1 saturated heterocycles. The van der Waals surface area contributed by atoms with Gasteiger partial charge in [0.05, 0.1) is 5.92 Å². The molecule has 2 aromatic carbocycles. The number of halogens is 26. The van der Waals surface area contributed by atoms with Crippen LogP contribution in [0, 0.1) is 16.2 Å². The Labute approximate surface area is 452 Å². The summed E-state index contributed by atoms with van der Waals surface area (Å²) in [5.41, 5.74) is 2.03. The van der Waals surface area contributed by atoms with Crippen molar-refractivity contribution in [2.75, 3.05) is 13.1 Å². The monoisotopic (exact) mass is 1230 g/mol. The van der Waals surface area contributed by atoms with E-state index in [1.807, 2.05) is 36.4 Å². The van der Waals surface area contributed by atoms with Gasteiger partial charge in [-0.15, -0.1) is 0 Å². The summed E-state index contributed by atoms with van der Waals surface area (Å²) in [6.45, 7) is 5.54. The number of nitrogens with one attached hydrogen (secondary N) is 1. The summed E-state index contributed by atoms with van der Waals surface area (Å²) in [5.74, 6) is -79.2. The number of nitrogens with zero attached hydrogens (tertiary/aromatic N) is 2. The van der Waals surface area contributed by atoms with Crippen molar-refractivity contribution in [3.05, 3.63) is 90.5 Å². The number of benzene rings is 2. The summed E-state index contributed by atoms with van der Waals surface area (Å²) in [6, 6.07) is 18.9. The Morgan fingerprint density at radius 2 is 0.815 bits per heavy atom. The second-order valence-electron chi connectivity index (χ2n) is 17.5. The number of hydrogen-bond acceptors (Lipinski definition) is 5. The molecule has 3 atom stereocenters. The Bertz CT molecular complexity index is 2430. The molecule has 1 fully saturated rings. The van der Waals surface area contributed by atoms with Gasteiger partial charge in [-0.05, 0) is 49.1 Å². The third kappa shape index (κ3) is 15.5. The molecule has 2 aromatic rings. The van der Waals surface area contributed by atoms with Crippen molar-refractivity contribution in [3.63, 3.8) is 0 Å². The fourth-order valence-electron chi connectivity index (χ4n) is 7.16. The van der Waals surface area contributed by atoms with Crippen molar-refractivity contribution in [2.24, 2.45) is 11.8 Å². The van der Waals surface area contributed by atoms with E-state index in [9.17, 15) is 133 Å². The Morgan fingerprint density at radius 3 is 1.14 bits per heavy atom. The maximum atomic E-state index is 14.0. The van der Waals surface area contributed by atoms with Gasteiger partial charge >= 0.3 is 92.0 Å². The molecular weight excluding hydrogens is 1190 g/mol. The molecule has 2 aliphatic heterocycles. The van der Waals surface area contributed by atoms with Gasteiger partial charge in [0.25, 0.3) is 11.8 Å². The van der Waals surface area contributed by atoms with Gasteiger partial charge in [-0.25, -0.2) is 0 Å². The molecule has 2 heterocycles. The van der Waals surface area contributed by atoms with Gasteiger partial charge in [0.2, 0.25) is 11.8 Å². The summed E-state index contributed by atoms with van der Waals surface area (Å²) in [6.07, 6.45) is -19.9. The first kappa shape index (κ1) is 75.8. The van der Waals surface area contributed by atoms with Crippen molar-refractivity contribution in [1.29, 1.82) is 4.35 Å². The van der Waals surface area contributed by atoms with E-state index >= 15 is 0 Å². The Kier molecular flexibility index (Phi) is 25.7. The number of likely N-dealkylation sites (tertiary alicyclic amines) is 1. The van der Waals surface area contributed by atoms with Gasteiger partial charge in [-0.1, -0.05) is 87.2 Å². The van der Waals surface area contributed by atoms with E-state index in [4.69, 9.17) is 4.35 Å². The van der Waals surface area contributed by atoms with Gasteiger partial charge in [-0.3, -0.25) is 29.0 Å². The van der Waals surface area contributed by atoms with Crippen molar-refractivity contribution in [1.82, 2.24) is 9.80 Å². The average molecular weight is 1230 g/mol. The first-order valence-electron chi connectivity index (χ1n) is 22.4. The van der Waals surface area contributed by atoms with Crippen LogP contribution in [0.25, 0.3) is 6.08 Å². The fraction of sp³-hybridized carbons (Fsp3) is 0.565. The van der Waals surface area contributed by atoms with Gasteiger partial charge in [0.15, 0.2) is 0 Å². The predicted molar refractivity (Wildman–Crippen MR) is 235 cm³/mol. The molecule has 0 aromatic heterocycles. The molecule has 4 radical (unpaired) electrons. The van der Waals surface area contributed by atoms with Crippen molar-refractivity contribution < 1.29 is 133 Å². The normalized spacial score (nSPS) is 17.6. The first-order valence-corrected chi connectivity index (χ1v) is 22.9. The SMILES string of the molecule is C=Cc1ccccc1.CC(CC1C(=O)N(CCCCC(F)(F)C(F)(F)C(F)(F)C(F)(F)C(F)(F)C(F)(F)F)C(=O)C1C)c1ccccc1.O=C1C=CC(=O)N1CCCCC(F)(F)C(F)(F)C(F)(F)C(F)(F)C(F)(F)C(F)(F)F.[B].[NH]=[Al]. The summed E-state index contributed by atoms with van der Waals surface area (Å²) < 4.78 is 345. The third-order valence-electron chi connectivity index (χ3n) is 12.0. The molecule has 35 heteroatoms. The summed E-state index contributed by atoms with van der Waals surface area (Å²) in [5, 5.41) is 0. The molecule has 0 bridgehead atoms. The van der Waals surface area contributed by atoms with Crippen molar-refractivity contribution in [2.45, 2.75) is 136 Å². The topological polar surface area (TPSA) is 98.6 Å². The maximum absolute atomic E-state index is 14.0. The van der Waals surface area contributed by atoms with E-state index in [-0.39, 0.29) is 20.8 Å². The quantitative estimate of drug-likeness (QED) is 0.0549. The first-order chi connectivity index (χ1) is 36.0. The molecule has 4 rings (SSSR count). The number of unbranched alkanes of at least 4 members (excludes halogenated alkanes) is 2. The van der Waals surface area contributed by atoms with E-state index in [2.05, 4.69) is 6.58 Å². The standard InChI is InChI=1S/C24H24F13NO2.C14H10F13NO2.C8H8.Al.B.HN/c1-13(15-8-4-3-5-9-15)12-16-14(2)17(39)38(18(16)40)11-7-6-10-19(25,26)20(27,28)21(29,30)22(31,32)23(33,34)24(35,36)37;15-9(16,5-1-2-6-28-7(29)3-4-8(28)30)10(17,18)11(19,20)12(21,22)13(23,24)14(25,26)27;1-2-8-6-4-3-5-7-8;;;/h3-5,8-9,13-14,16H,6-7,10-12H2,1-2H3;3-4H,1-2,5-6H2;2-7H,1H2;;;1H. The summed E-state index contributed by atoms with van der Waals surface area (Å²) in [4.78, 5) is 48.7. The summed E-state index contributed by atoms with van der Waals surface area (Å²) in [7, 11) is 0. The van der Waals surface area contributed by atoms with Crippen LogP contribution in [0.4, 0.5) is 114 Å². The molecule has 2 aliphatic rings. The molecule has 81 heavy (non-hydrogen) atoms. The molecule has 4 amide bonds. The van der Waals surface area contributed by atoms with Crippen LogP contribution in [0.5, 0.6) is 0 Å². The molecule has 0 aliphatic carbocycles. The number of alkyl halides is 26. The van der Waals surface area contributed by atoms with Crippen LogP contribution in [-0.4, -0.2) is 143 Å². The Hall–Kier alpha value is -5.22. The van der Waals surface area contributed by atoms with Crippen LogP contribution in [0.2, 0.25) is 0 Å². The second kappa shape index (κ2) is 27.4. The fourth-order valence-corrected chi connectivity index (χ4v) is 7.16. The zero-order valence-electron chi connectivity index (χ0n) is 41.3. The zero-order chi connectivity index (χ0) is 62.9. The molecule has 0 spiro atoms. The van der Waals surface area contributed by atoms with Crippen LogP contribution in [0.1, 0.15) is 75.8 Å². The number of carbonyl (C=O) groups is 4. The number of imide groups is 2. The average Bonchev–Trinajstić information content (AvgIpc) is 3.78. The number of carbonyl (C=O) groups excluding carboxylic acids is 4. The third-order valence-corrected chi connectivity index (χ3v) is 12.0. The number of rotatable bonds is 22. The summed E-state index contributed by atoms with van der Waals surface area (Å²) >= 11 is 1.67. The van der Waals surface area contributed by atoms with Crippen LogP contribution < -0.4 is 0 Å². The van der Waals surface area contributed by atoms with Crippen LogP contribution in [-0.2, 0) is 19.2 Å². The molecule has 454 valence electrons. The Balaban J connectivity index is 0.00000137. The number of amides is 4. The van der Waals surface area contributed by atoms with Crippen LogP contribution in [0.3, 0.4) is 0 Å². The van der Waals surface area contributed by atoms with Gasteiger partial charge < -0.3 is 0 Å². The van der Waals surface area contributed by atoms with Crippen molar-refractivity contribution in [3.8, 4) is 0 Å². The van der Waals surface area contributed by atoms with E-state index < -0.39 is 159 Å². The molecule has 1 N–H and O–H groups in total.